The number of carbonyl (C=O) groups is 6. The van der Waals surface area contributed by atoms with Gasteiger partial charge >= 0.3 is 25.9 Å². The summed E-state index contributed by atoms with van der Waals surface area (Å²) in [6.45, 7) is 2.54. The fourth-order valence-corrected chi connectivity index (χ4v) is 10.1. The van der Waals surface area contributed by atoms with Gasteiger partial charge in [-0.25, -0.2) is 14.2 Å². The maximum Gasteiger partial charge on any atom is 0.472 e. The van der Waals surface area contributed by atoms with Crippen LogP contribution in [0.4, 0.5) is 4.79 Å². The van der Waals surface area contributed by atoms with Gasteiger partial charge in [-0.05, 0) is 19.3 Å². The van der Waals surface area contributed by atoms with Crippen LogP contribution in [-0.4, -0.2) is 103 Å². The number of unbranched alkanes of at least 4 members (excludes halogenated alkanes) is 28. The van der Waals surface area contributed by atoms with Crippen LogP contribution >= 0.6 is 20.5 Å². The van der Waals surface area contributed by atoms with E-state index in [2.05, 4.69) is 414 Å². The average Bonchev–Trinajstić information content (AvgIpc) is 1.70. The number of ether oxygens (including phenoxy) is 3. The van der Waals surface area contributed by atoms with E-state index in [1.165, 1.54) is 128 Å². The van der Waals surface area contributed by atoms with Gasteiger partial charge in [-0.15, -0.1) is 0 Å². The summed E-state index contributed by atoms with van der Waals surface area (Å²) in [5.41, 5.74) is 0. The van der Waals surface area contributed by atoms with Gasteiger partial charge in [0.25, 0.3) is 0 Å². The third-order valence-corrected chi connectivity index (χ3v) is 16.1. The molecule has 1 aliphatic rings. The molecule has 0 saturated carbocycles. The van der Waals surface area contributed by atoms with Gasteiger partial charge in [0.2, 0.25) is 17.7 Å². The lowest BCUT2D eigenvalue weighted by atomic mass is 10.0. The number of imide groups is 1. The number of phosphoric ester groups is 1. The highest BCUT2D eigenvalue weighted by molar-refractivity contribution is 7.81. The van der Waals surface area contributed by atoms with Crippen molar-refractivity contribution in [1.82, 2.24) is 15.5 Å². The van der Waals surface area contributed by atoms with Gasteiger partial charge in [-0.3, -0.25) is 37.9 Å². The Morgan fingerprint density at radius 1 is 0.318 bits per heavy atom. The molecule has 1 fully saturated rings. The molecule has 0 aromatic carbocycles. The Morgan fingerprint density at radius 2 is 0.581 bits per heavy atom. The van der Waals surface area contributed by atoms with Gasteiger partial charge in [0.05, 0.1) is 25.1 Å². The summed E-state index contributed by atoms with van der Waals surface area (Å²) >= 11 is 4.00. The maximum absolute atomic E-state index is 12.9. The molecule has 3 unspecified atom stereocenters. The van der Waals surface area contributed by atoms with Crippen molar-refractivity contribution >= 4 is 56.2 Å². The smallest absolute Gasteiger partial charge is 0.472 e. The van der Waals surface area contributed by atoms with Crippen molar-refractivity contribution in [2.24, 2.45) is 0 Å². The van der Waals surface area contributed by atoms with E-state index in [1.807, 2.05) is 5.32 Å². The molecule has 148 heavy (non-hydrogen) atoms. The lowest BCUT2D eigenvalue weighted by Crippen LogP contribution is -2.35. The molecule has 4 amide bonds. The number of hydrogen-bond acceptors (Lipinski definition) is 89. The lowest BCUT2D eigenvalue weighted by molar-refractivity contribution is -0.912. The zero-order chi connectivity index (χ0) is 106. The van der Waals surface area contributed by atoms with E-state index in [9.17, 15) is 38.2 Å². The number of nitrogens with zero attached hydrogens (tertiary/aromatic N) is 1. The molecule has 0 bridgehead atoms. The van der Waals surface area contributed by atoms with Crippen LogP contribution in [0.1, 0.15) is 239 Å². The van der Waals surface area contributed by atoms with Crippen molar-refractivity contribution in [2.75, 3.05) is 46.1 Å². The van der Waals surface area contributed by atoms with E-state index in [0.29, 0.717) is 19.3 Å². The zero-order valence-electron chi connectivity index (χ0n) is 75.7. The summed E-state index contributed by atoms with van der Waals surface area (Å²) in [6.07, 6.45) is 34.5. The van der Waals surface area contributed by atoms with Gasteiger partial charge in [-0.2, -0.15) is 12.6 Å². The van der Waals surface area contributed by atoms with Crippen LogP contribution in [0, 0.1) is 0 Å². The predicted molar refractivity (Wildman–Crippen MR) is 369 cm³/mol. The second-order valence-corrected chi connectivity index (χ2v) is 26.5. The Kier molecular flexibility index (Phi) is 110. The molecule has 3 atom stereocenters. The van der Waals surface area contributed by atoms with Gasteiger partial charge in [0.1, 0.15) is 12.9 Å². The van der Waals surface area contributed by atoms with E-state index in [0.717, 1.165) is 68.8 Å². The molecule has 1 heterocycles. The first-order valence-electron chi connectivity index (χ1n) is 40.9. The van der Waals surface area contributed by atoms with Gasteiger partial charge in [-0.1, -0.05) is 194 Å². The molecule has 1 aliphatic heterocycles. The third kappa shape index (κ3) is 108. The fraction of sp³-hybridized carbons (Fsp3) is 0.852. The van der Waals surface area contributed by atoms with Crippen molar-refractivity contribution in [3.05, 3.63) is 12.5 Å². The van der Waals surface area contributed by atoms with Crippen LogP contribution in [0.15, 0.2) is 12.5 Å². The Morgan fingerprint density at radius 3 is 0.858 bits per heavy atom. The summed E-state index contributed by atoms with van der Waals surface area (Å²) in [7, 11) is -4.84. The minimum atomic E-state index is -4.84. The van der Waals surface area contributed by atoms with Crippen LogP contribution in [0.2, 0.25) is 0 Å². The van der Waals surface area contributed by atoms with Crippen molar-refractivity contribution in [1.29, 1.82) is 0 Å². The van der Waals surface area contributed by atoms with Crippen molar-refractivity contribution in [2.45, 2.75) is 250 Å². The van der Waals surface area contributed by atoms with E-state index in [4.69, 9.17) is 23.3 Å². The number of thiol groups is 1. The van der Waals surface area contributed by atoms with E-state index in [-0.39, 0.29) is 57.2 Å². The first-order chi connectivity index (χ1) is 72.9. The normalized spacial score (nSPS) is 13.4. The highest BCUT2D eigenvalue weighted by Gasteiger charge is 2.36. The van der Waals surface area contributed by atoms with E-state index >= 15 is 0 Å². The molecule has 0 radical (unpaired) electrons. The number of amides is 4. The molecular formula is C54H98N3O89PS. The largest absolute Gasteiger partial charge is 0.498 e. The summed E-state index contributed by atoms with van der Waals surface area (Å²) in [4.78, 5) is 92.3. The molecule has 94 heteroatoms. The number of carbonyl (C=O) groups excluding carboxylic acids is 6. The van der Waals surface area contributed by atoms with Crippen molar-refractivity contribution in [3.8, 4) is 0 Å². The number of likely N-dealkylation sites (tertiary alicyclic amines) is 1. The third-order valence-electron chi connectivity index (χ3n) is 14.7. The first-order valence-corrected chi connectivity index (χ1v) is 42.9. The average molecular weight is 2280 g/mol. The Labute approximate surface area is 823 Å². The standard InChI is InChI=1S/C54H98N3O89PS/c1-3-5-7-9-11-13-15-17-19-21-23-25-27-29-31-34-51(60)67-45-47(71-52(61)35-32-30-28-26-24-22-20-18-16-14-12-10-8-6-4-2)46-70-147(64,65)69-41-38-56-54(63)72-74-76-78-80-82-84-86-88-90-92-94-96-98-100-102-104-106-108-110-112-114-116-118-120-122-124-126-128-130-132-134-136-138-140-142-144-146-145-143-141-139-137-135-133-131-129-127-125-123-121-119-117-115-113-111-109-107-105-103-101-99-97-95-93-91-89-87-85-83-81-79-77-75-73-68-43-42-66-40-33-37-55-49(58)36-39-57-50(59)44-48(148)53(57)62/h42-43,47-48,148H,3-41,44-46H2,1-2H3,(H,55,58)(H,56,63)(H,64,65)/b43-42-. The molecule has 874 valence electrons. The maximum atomic E-state index is 12.9. The first kappa shape index (κ1) is 140. The molecule has 3 N–H and O–H groups in total. The van der Waals surface area contributed by atoms with Crippen LogP contribution in [0.25, 0.3) is 0 Å². The van der Waals surface area contributed by atoms with Crippen molar-refractivity contribution < 1.29 is 444 Å². The minimum Gasteiger partial charge on any atom is -0.498 e. The van der Waals surface area contributed by atoms with Crippen LogP contribution in [-0.2, 0) is 434 Å². The lowest BCUT2D eigenvalue weighted by Gasteiger charge is -2.20. The number of phosphoric acid groups is 1. The van der Waals surface area contributed by atoms with Gasteiger partial charge < -0.3 is 34.6 Å². The van der Waals surface area contributed by atoms with Crippen molar-refractivity contribution in [3.63, 3.8) is 0 Å². The number of esters is 2. The minimum absolute atomic E-state index is 0.0101. The molecule has 0 aliphatic carbocycles. The molecule has 0 aromatic heterocycles. The summed E-state index contributed by atoms with van der Waals surface area (Å²) in [5, 5.41) is 269. The molecule has 1 saturated heterocycles. The summed E-state index contributed by atoms with van der Waals surface area (Å²) in [6, 6.07) is 0. The Balaban J connectivity index is 1.79. The number of rotatable bonds is 126. The zero-order valence-corrected chi connectivity index (χ0v) is 77.5. The monoisotopic (exact) mass is 2280 g/mol. The summed E-state index contributed by atoms with van der Waals surface area (Å²) in [5.74, 6) is -2.33. The van der Waals surface area contributed by atoms with E-state index in [1.54, 1.807) is 0 Å². The second kappa shape index (κ2) is 116. The SMILES string of the molecule is CCCCCCCCCCCCCCCCCC(=O)OCC(COP(=O)(O)OCCNC(=O)OOOOOOOOOOOOOOOOOOOOOOOOOOOOOOOOOOOOOOOOOOOOOOOOOOOOOOOOOOOOOOOOOOOOOOOOOOOO/C=C\OCCCNC(=O)CCN1C(=O)CC(S)C1=O)OC(=O)CCCCCCCCCCCCCCCCC. The highest BCUT2D eigenvalue weighted by atomic mass is 32.1. The van der Waals surface area contributed by atoms with Crippen LogP contribution in [0.3, 0.4) is 0 Å². The fourth-order valence-electron chi connectivity index (χ4n) is 9.07. The summed E-state index contributed by atoms with van der Waals surface area (Å²) < 4.78 is 38.5. The molecule has 1 rings (SSSR count). The van der Waals surface area contributed by atoms with Gasteiger partial charge in [0.15, 0.2) is 12.4 Å². The number of hydrogen-bond donors (Lipinski definition) is 4. The second-order valence-electron chi connectivity index (χ2n) is 24.4. The predicted octanol–water partition coefficient (Wildman–Crippen LogP) is 7.14. The van der Waals surface area contributed by atoms with Crippen LogP contribution < -0.4 is 10.6 Å². The highest BCUT2D eigenvalue weighted by Crippen LogP contribution is 2.43. The van der Waals surface area contributed by atoms with Crippen LogP contribution in [0.5, 0.6) is 0 Å². The molecule has 92 nitrogen and oxygen atoms in total. The van der Waals surface area contributed by atoms with Gasteiger partial charge in [0, 0.05) is 418 Å². The quantitative estimate of drug-likeness (QED) is 0.00687. The van der Waals surface area contributed by atoms with E-state index < -0.39 is 69.5 Å². The Bertz CT molecular complexity index is 2930. The molecule has 0 spiro atoms. The molecule has 0 aromatic rings. The topological polar surface area (TPSA) is 915 Å². The molecular weight excluding hydrogens is 2180 g/mol. The number of nitrogens with one attached hydrogen (secondary N) is 2. The Hall–Kier alpha value is -6.34.